The molecule has 0 amide bonds. The molecule has 268 valence electrons. The first kappa shape index (κ1) is 31.8. The highest BCUT2D eigenvalue weighted by Gasteiger charge is 2.24. The second-order valence-electron chi connectivity index (χ2n) is 14.9. The minimum absolute atomic E-state index is 0.834. The van der Waals surface area contributed by atoms with Crippen LogP contribution in [0.25, 0.3) is 65.8 Å². The van der Waals surface area contributed by atoms with Crippen LogP contribution in [0, 0.1) is 0 Å². The van der Waals surface area contributed by atoms with Crippen molar-refractivity contribution in [3.05, 3.63) is 205 Å². The van der Waals surface area contributed by atoms with Gasteiger partial charge in [-0.05, 0) is 107 Å². The van der Waals surface area contributed by atoms with E-state index in [0.29, 0.717) is 0 Å². The Morgan fingerprint density at radius 3 is 1.75 bits per heavy atom. The van der Waals surface area contributed by atoms with E-state index in [1.54, 1.807) is 0 Å². The molecule has 0 spiro atoms. The largest absolute Gasteiger partial charge is 0.456 e. The van der Waals surface area contributed by atoms with Crippen LogP contribution < -0.4 is 9.80 Å². The van der Waals surface area contributed by atoms with Gasteiger partial charge in [-0.3, -0.25) is 0 Å². The second-order valence-corrected chi connectivity index (χ2v) is 14.9. The molecule has 2 heterocycles. The lowest BCUT2D eigenvalue weighted by molar-refractivity contribution is 0.668. The molecule has 0 atom stereocenters. The summed E-state index contributed by atoms with van der Waals surface area (Å²) in [6.07, 6.45) is 0.962. The van der Waals surface area contributed by atoms with Gasteiger partial charge in [0.1, 0.15) is 22.3 Å². The molecule has 57 heavy (non-hydrogen) atoms. The molecular weight excluding hydrogens is 697 g/mol. The summed E-state index contributed by atoms with van der Waals surface area (Å²) in [6, 6.07) is 69.1. The van der Waals surface area contributed by atoms with Crippen molar-refractivity contribution in [2.75, 3.05) is 9.80 Å². The molecule has 0 aliphatic heterocycles. The van der Waals surface area contributed by atoms with Gasteiger partial charge in [-0.15, -0.1) is 0 Å². The van der Waals surface area contributed by atoms with Crippen LogP contribution in [0.1, 0.15) is 11.1 Å². The molecule has 0 bridgehead atoms. The van der Waals surface area contributed by atoms with Gasteiger partial charge in [-0.2, -0.15) is 0 Å². The number of anilines is 6. The van der Waals surface area contributed by atoms with Crippen LogP contribution in [-0.4, -0.2) is 0 Å². The Morgan fingerprint density at radius 1 is 0.316 bits per heavy atom. The topological polar surface area (TPSA) is 32.8 Å². The average Bonchev–Trinajstić information content (AvgIpc) is 3.95. The number of para-hydroxylation sites is 3. The molecule has 4 nitrogen and oxygen atoms in total. The maximum absolute atomic E-state index is 6.95. The molecule has 4 heteroatoms. The van der Waals surface area contributed by atoms with Gasteiger partial charge in [0.25, 0.3) is 0 Å². The fourth-order valence-electron chi connectivity index (χ4n) is 9.07. The van der Waals surface area contributed by atoms with Crippen LogP contribution in [-0.2, 0) is 6.42 Å². The molecule has 12 rings (SSSR count). The summed E-state index contributed by atoms with van der Waals surface area (Å²) in [4.78, 5) is 4.68. The molecule has 0 N–H and O–H groups in total. The van der Waals surface area contributed by atoms with Crippen molar-refractivity contribution < 1.29 is 8.83 Å². The zero-order valence-electron chi connectivity index (χ0n) is 30.9. The van der Waals surface area contributed by atoms with Gasteiger partial charge in [0, 0.05) is 67.5 Å². The van der Waals surface area contributed by atoms with Crippen LogP contribution in [0.4, 0.5) is 34.1 Å². The molecule has 0 radical (unpaired) electrons. The Labute approximate surface area is 329 Å². The molecule has 1 aliphatic rings. The summed E-state index contributed by atoms with van der Waals surface area (Å²) in [7, 11) is 0. The lowest BCUT2D eigenvalue weighted by atomic mass is 9.99. The fourth-order valence-corrected chi connectivity index (χ4v) is 9.07. The van der Waals surface area contributed by atoms with Crippen molar-refractivity contribution in [2.24, 2.45) is 0 Å². The lowest BCUT2D eigenvalue weighted by Crippen LogP contribution is -2.10. The standard InChI is InChI=1S/C53H34N2O2/c1-3-14-36(15-4-1)54(38-26-28-50-47(31-38)43-20-11-12-22-49(43)56-50)40-25-27-45-51(32-40)57-52-33-48(42-19-9-10-21-44(42)53(45)52)55(37-16-5-2-6-17-37)39-24-23-35-29-34-13-7-8-18-41(34)46(35)30-39/h1-28,30-33H,29H2. The van der Waals surface area contributed by atoms with E-state index in [2.05, 4.69) is 192 Å². The van der Waals surface area contributed by atoms with Gasteiger partial charge in [0.05, 0.1) is 5.69 Å². The molecule has 0 saturated carbocycles. The van der Waals surface area contributed by atoms with Crippen molar-refractivity contribution in [1.29, 1.82) is 0 Å². The van der Waals surface area contributed by atoms with Crippen LogP contribution in [0.5, 0.6) is 0 Å². The maximum atomic E-state index is 6.95. The summed E-state index contributed by atoms with van der Waals surface area (Å²) >= 11 is 0. The molecule has 11 aromatic rings. The van der Waals surface area contributed by atoms with Crippen molar-refractivity contribution in [3.8, 4) is 11.1 Å². The van der Waals surface area contributed by atoms with E-state index in [9.17, 15) is 0 Å². The lowest BCUT2D eigenvalue weighted by Gasteiger charge is -2.27. The molecular formula is C53H34N2O2. The predicted octanol–water partition coefficient (Wildman–Crippen LogP) is 15.1. The third-order valence-electron chi connectivity index (χ3n) is 11.6. The van der Waals surface area contributed by atoms with Crippen molar-refractivity contribution in [3.63, 3.8) is 0 Å². The predicted molar refractivity (Wildman–Crippen MR) is 236 cm³/mol. The highest BCUT2D eigenvalue weighted by Crippen LogP contribution is 2.48. The van der Waals surface area contributed by atoms with Gasteiger partial charge in [0.2, 0.25) is 0 Å². The van der Waals surface area contributed by atoms with Gasteiger partial charge < -0.3 is 18.6 Å². The second kappa shape index (κ2) is 12.5. The van der Waals surface area contributed by atoms with Crippen molar-refractivity contribution in [1.82, 2.24) is 0 Å². The minimum Gasteiger partial charge on any atom is -0.456 e. The van der Waals surface area contributed by atoms with E-state index >= 15 is 0 Å². The summed E-state index contributed by atoms with van der Waals surface area (Å²) in [5.41, 5.74) is 15.2. The van der Waals surface area contributed by atoms with E-state index in [0.717, 1.165) is 95.2 Å². The fraction of sp³-hybridized carbons (Fsp3) is 0.0189. The number of rotatable bonds is 6. The number of hydrogen-bond acceptors (Lipinski definition) is 4. The van der Waals surface area contributed by atoms with Gasteiger partial charge in [-0.1, -0.05) is 109 Å². The van der Waals surface area contributed by atoms with E-state index in [1.165, 1.54) is 22.3 Å². The van der Waals surface area contributed by atoms with E-state index < -0.39 is 0 Å². The molecule has 0 unspecified atom stereocenters. The zero-order valence-corrected chi connectivity index (χ0v) is 30.9. The SMILES string of the molecule is c1ccc(N(c2ccc3c(c2)oc2cc(N(c4ccccc4)c4ccc5c(c4)-c4ccccc4C5)c4ccccc4c23)c2ccc3oc4ccccc4c3c2)cc1. The first-order valence-electron chi connectivity index (χ1n) is 19.5. The van der Waals surface area contributed by atoms with Gasteiger partial charge in [0.15, 0.2) is 0 Å². The zero-order chi connectivity index (χ0) is 37.5. The Hall–Kier alpha value is -7.56. The normalized spacial score (nSPS) is 12.1. The third-order valence-corrected chi connectivity index (χ3v) is 11.6. The Bertz CT molecular complexity index is 3340. The van der Waals surface area contributed by atoms with E-state index in [4.69, 9.17) is 8.83 Å². The number of nitrogens with zero attached hydrogens (tertiary/aromatic N) is 2. The van der Waals surface area contributed by atoms with Crippen LogP contribution in [0.3, 0.4) is 0 Å². The number of fused-ring (bicyclic) bond motifs is 11. The highest BCUT2D eigenvalue weighted by atomic mass is 16.3. The third kappa shape index (κ3) is 5.01. The summed E-state index contributed by atoms with van der Waals surface area (Å²) < 4.78 is 13.2. The summed E-state index contributed by atoms with van der Waals surface area (Å²) in [5, 5.41) is 6.70. The minimum atomic E-state index is 0.834. The molecule has 2 aromatic heterocycles. The molecule has 0 fully saturated rings. The maximum Gasteiger partial charge on any atom is 0.138 e. The van der Waals surface area contributed by atoms with Crippen LogP contribution in [0.15, 0.2) is 203 Å². The smallest absolute Gasteiger partial charge is 0.138 e. The first-order chi connectivity index (χ1) is 28.2. The number of furan rings is 2. The average molecular weight is 731 g/mol. The monoisotopic (exact) mass is 730 g/mol. The Morgan fingerprint density at radius 2 is 0.912 bits per heavy atom. The highest BCUT2D eigenvalue weighted by molar-refractivity contribution is 6.23. The molecule has 1 aliphatic carbocycles. The Balaban J connectivity index is 1.05. The van der Waals surface area contributed by atoms with Gasteiger partial charge >= 0.3 is 0 Å². The quantitative estimate of drug-likeness (QED) is 0.171. The number of benzene rings is 9. The van der Waals surface area contributed by atoms with E-state index in [-0.39, 0.29) is 0 Å². The molecule has 0 saturated heterocycles. The summed E-state index contributed by atoms with van der Waals surface area (Å²) in [6.45, 7) is 0. The first-order valence-corrected chi connectivity index (χ1v) is 19.5. The molecule has 9 aromatic carbocycles. The van der Waals surface area contributed by atoms with Crippen molar-refractivity contribution >= 4 is 88.8 Å². The number of hydrogen-bond donors (Lipinski definition) is 0. The summed E-state index contributed by atoms with van der Waals surface area (Å²) in [5.74, 6) is 0. The Kier molecular flexibility index (Phi) is 6.96. The van der Waals surface area contributed by atoms with Crippen LogP contribution in [0.2, 0.25) is 0 Å². The van der Waals surface area contributed by atoms with Crippen molar-refractivity contribution in [2.45, 2.75) is 6.42 Å². The van der Waals surface area contributed by atoms with Crippen LogP contribution >= 0.6 is 0 Å². The van der Waals surface area contributed by atoms with E-state index in [1.807, 2.05) is 12.1 Å². The van der Waals surface area contributed by atoms with Gasteiger partial charge in [-0.25, -0.2) is 0 Å².